The van der Waals surface area contributed by atoms with Crippen molar-refractivity contribution in [2.24, 2.45) is 17.8 Å². The van der Waals surface area contributed by atoms with Crippen molar-refractivity contribution in [2.45, 2.75) is 32.6 Å². The average Bonchev–Trinajstić information content (AvgIpc) is 2.16. The van der Waals surface area contributed by atoms with E-state index in [2.05, 4.69) is 32.2 Å². The van der Waals surface area contributed by atoms with E-state index in [1.54, 1.807) is 0 Å². The third kappa shape index (κ3) is 2.00. The molecule has 68 valence electrons. The number of rotatable bonds is 3. The quantitative estimate of drug-likeness (QED) is 0.556. The van der Waals surface area contributed by atoms with Gasteiger partial charge >= 0.3 is 0 Å². The second kappa shape index (κ2) is 4.49. The molecule has 0 radical (unpaired) electrons. The highest BCUT2D eigenvalue weighted by atomic mass is 14.3. The van der Waals surface area contributed by atoms with Crippen molar-refractivity contribution < 1.29 is 0 Å². The monoisotopic (exact) mass is 164 g/mol. The molecule has 1 fully saturated rings. The van der Waals surface area contributed by atoms with E-state index in [-0.39, 0.29) is 0 Å². The lowest BCUT2D eigenvalue weighted by molar-refractivity contribution is 0.247. The number of hydrogen-bond donors (Lipinski definition) is 0. The van der Waals surface area contributed by atoms with Crippen molar-refractivity contribution >= 4 is 0 Å². The molecule has 0 aliphatic heterocycles. The van der Waals surface area contributed by atoms with Crippen molar-refractivity contribution in [3.8, 4) is 0 Å². The van der Waals surface area contributed by atoms with Crippen molar-refractivity contribution in [3.63, 3.8) is 0 Å². The van der Waals surface area contributed by atoms with Crippen LogP contribution >= 0.6 is 0 Å². The van der Waals surface area contributed by atoms with Crippen LogP contribution in [0.5, 0.6) is 0 Å². The van der Waals surface area contributed by atoms with Crippen molar-refractivity contribution in [3.05, 3.63) is 25.3 Å². The van der Waals surface area contributed by atoms with Crippen LogP contribution in [0.2, 0.25) is 0 Å². The topological polar surface area (TPSA) is 0 Å². The van der Waals surface area contributed by atoms with E-state index in [9.17, 15) is 0 Å². The Morgan fingerprint density at radius 1 is 1.17 bits per heavy atom. The predicted molar refractivity (Wildman–Crippen MR) is 55.0 cm³/mol. The zero-order valence-corrected chi connectivity index (χ0v) is 8.13. The second-order valence-electron chi connectivity index (χ2n) is 3.89. The van der Waals surface area contributed by atoms with Gasteiger partial charge in [0.2, 0.25) is 0 Å². The summed E-state index contributed by atoms with van der Waals surface area (Å²) in [6.45, 7) is 10.1. The summed E-state index contributed by atoms with van der Waals surface area (Å²) in [5.74, 6) is 2.33. The van der Waals surface area contributed by atoms with Gasteiger partial charge in [0.15, 0.2) is 0 Å². The third-order valence-electron chi connectivity index (χ3n) is 3.25. The Balaban J connectivity index is 2.52. The van der Waals surface area contributed by atoms with E-state index in [0.717, 1.165) is 5.92 Å². The molecule has 0 bridgehead atoms. The van der Waals surface area contributed by atoms with E-state index in [0.29, 0.717) is 11.8 Å². The van der Waals surface area contributed by atoms with E-state index >= 15 is 0 Å². The zero-order chi connectivity index (χ0) is 8.97. The smallest absolute Gasteiger partial charge is 0.0171 e. The highest BCUT2D eigenvalue weighted by molar-refractivity contribution is 4.96. The molecule has 1 rings (SSSR count). The fraction of sp³-hybridized carbons (Fsp3) is 0.667. The number of allylic oxidation sites excluding steroid dienone is 2. The van der Waals surface area contributed by atoms with Crippen LogP contribution in [-0.2, 0) is 0 Å². The van der Waals surface area contributed by atoms with Gasteiger partial charge in [-0.05, 0) is 37.0 Å². The van der Waals surface area contributed by atoms with Crippen molar-refractivity contribution in [1.29, 1.82) is 0 Å². The molecule has 0 heterocycles. The summed E-state index contributed by atoms with van der Waals surface area (Å²) in [7, 11) is 0. The molecule has 0 nitrogen and oxygen atoms in total. The van der Waals surface area contributed by atoms with Crippen LogP contribution in [0.25, 0.3) is 0 Å². The Kier molecular flexibility index (Phi) is 3.58. The first kappa shape index (κ1) is 9.57. The van der Waals surface area contributed by atoms with Crippen molar-refractivity contribution in [2.75, 3.05) is 0 Å². The van der Waals surface area contributed by atoms with Crippen molar-refractivity contribution in [1.82, 2.24) is 0 Å². The van der Waals surface area contributed by atoms with Crippen LogP contribution in [0.15, 0.2) is 25.3 Å². The van der Waals surface area contributed by atoms with Gasteiger partial charge in [0.25, 0.3) is 0 Å². The lowest BCUT2D eigenvalue weighted by Gasteiger charge is -2.32. The zero-order valence-electron chi connectivity index (χ0n) is 8.13. The molecule has 3 atom stereocenters. The minimum atomic E-state index is 0.696. The molecule has 0 aromatic rings. The predicted octanol–water partition coefficient (Wildman–Crippen LogP) is 3.80. The van der Waals surface area contributed by atoms with Gasteiger partial charge in [-0.2, -0.15) is 0 Å². The van der Waals surface area contributed by atoms with Gasteiger partial charge < -0.3 is 0 Å². The molecule has 0 spiro atoms. The second-order valence-corrected chi connectivity index (χ2v) is 3.89. The molecule has 0 amide bonds. The number of hydrogen-bond acceptors (Lipinski definition) is 0. The van der Waals surface area contributed by atoms with E-state index < -0.39 is 0 Å². The molecule has 3 unspecified atom stereocenters. The first-order valence-corrected chi connectivity index (χ1v) is 5.06. The third-order valence-corrected chi connectivity index (χ3v) is 3.25. The molecule has 0 N–H and O–H groups in total. The van der Waals surface area contributed by atoms with Gasteiger partial charge in [-0.25, -0.2) is 0 Å². The molecule has 1 aliphatic rings. The molecule has 1 saturated carbocycles. The van der Waals surface area contributed by atoms with E-state index in [1.807, 2.05) is 0 Å². The van der Waals surface area contributed by atoms with Gasteiger partial charge in [0, 0.05) is 0 Å². The Morgan fingerprint density at radius 3 is 2.33 bits per heavy atom. The maximum atomic E-state index is 3.90. The Hall–Kier alpha value is -0.520. The summed E-state index contributed by atoms with van der Waals surface area (Å²) in [5, 5.41) is 0. The Labute approximate surface area is 76.4 Å². The summed E-state index contributed by atoms with van der Waals surface area (Å²) >= 11 is 0. The van der Waals surface area contributed by atoms with Crippen LogP contribution < -0.4 is 0 Å². The molecular weight excluding hydrogens is 144 g/mol. The summed E-state index contributed by atoms with van der Waals surface area (Å²) in [4.78, 5) is 0. The maximum absolute atomic E-state index is 3.90. The van der Waals surface area contributed by atoms with Gasteiger partial charge in [0.05, 0.1) is 0 Å². The van der Waals surface area contributed by atoms with Gasteiger partial charge in [-0.3, -0.25) is 0 Å². The molecule has 0 aromatic heterocycles. The normalized spacial score (nSPS) is 35.9. The van der Waals surface area contributed by atoms with E-state index in [1.165, 1.54) is 25.7 Å². The summed E-state index contributed by atoms with van der Waals surface area (Å²) in [6, 6.07) is 0. The molecular formula is C12H20. The summed E-state index contributed by atoms with van der Waals surface area (Å²) in [6.07, 6.45) is 9.59. The molecule has 0 aromatic carbocycles. The fourth-order valence-electron chi connectivity index (χ4n) is 2.25. The minimum absolute atomic E-state index is 0.696. The van der Waals surface area contributed by atoms with E-state index in [4.69, 9.17) is 0 Å². The van der Waals surface area contributed by atoms with Crippen LogP contribution in [-0.4, -0.2) is 0 Å². The Bertz CT molecular complexity index is 157. The average molecular weight is 164 g/mol. The summed E-state index contributed by atoms with van der Waals surface area (Å²) < 4.78 is 0. The lowest BCUT2D eigenvalue weighted by atomic mass is 9.73. The highest BCUT2D eigenvalue weighted by Gasteiger charge is 2.25. The first-order chi connectivity index (χ1) is 5.81. The van der Waals surface area contributed by atoms with Crippen LogP contribution in [0.1, 0.15) is 32.6 Å². The van der Waals surface area contributed by atoms with Crippen LogP contribution in [0.3, 0.4) is 0 Å². The van der Waals surface area contributed by atoms with Gasteiger partial charge in [-0.15, -0.1) is 13.2 Å². The largest absolute Gasteiger partial charge is 0.103 e. The lowest BCUT2D eigenvalue weighted by Crippen LogP contribution is -2.21. The van der Waals surface area contributed by atoms with Gasteiger partial charge in [0.1, 0.15) is 0 Å². The Morgan fingerprint density at radius 2 is 1.83 bits per heavy atom. The SMILES string of the molecule is C=CC1CCC(CC)CC1C=C. The molecule has 0 saturated heterocycles. The highest BCUT2D eigenvalue weighted by Crippen LogP contribution is 2.36. The van der Waals surface area contributed by atoms with Gasteiger partial charge in [-0.1, -0.05) is 25.5 Å². The minimum Gasteiger partial charge on any atom is -0.103 e. The van der Waals surface area contributed by atoms with Crippen LogP contribution in [0, 0.1) is 17.8 Å². The summed E-state index contributed by atoms with van der Waals surface area (Å²) in [5.41, 5.74) is 0. The molecule has 0 heteroatoms. The molecule has 12 heavy (non-hydrogen) atoms. The first-order valence-electron chi connectivity index (χ1n) is 5.06. The molecule has 1 aliphatic carbocycles. The van der Waals surface area contributed by atoms with Crippen LogP contribution in [0.4, 0.5) is 0 Å². The fourth-order valence-corrected chi connectivity index (χ4v) is 2.25. The standard InChI is InChI=1S/C12H20/c1-4-10-7-8-11(5-2)12(6-3)9-10/h5-6,10-12H,2-4,7-9H2,1H3. The maximum Gasteiger partial charge on any atom is -0.0171 e.